The number of carbonyl (C=O) groups excluding carboxylic acids is 1. The molecule has 0 atom stereocenters. The lowest BCUT2D eigenvalue weighted by molar-refractivity contribution is -0.130. The van der Waals surface area contributed by atoms with Crippen LogP contribution in [0.4, 0.5) is 0 Å². The molecule has 0 spiro atoms. The number of halogens is 1. The van der Waals surface area contributed by atoms with Crippen LogP contribution in [0, 0.1) is 0 Å². The largest absolute Gasteiger partial charge is 0.467 e. The van der Waals surface area contributed by atoms with Crippen LogP contribution in [0.15, 0.2) is 22.8 Å². The second-order valence-electron chi connectivity index (χ2n) is 3.12. The highest BCUT2D eigenvalue weighted by atomic mass is 35.5. The molecule has 4 heteroatoms. The summed E-state index contributed by atoms with van der Waals surface area (Å²) in [6.07, 6.45) is 2.83. The quantitative estimate of drug-likeness (QED) is 0.706. The Labute approximate surface area is 88.6 Å². The van der Waals surface area contributed by atoms with Crippen molar-refractivity contribution >= 4 is 17.5 Å². The smallest absolute Gasteiger partial charge is 0.222 e. The number of nitrogens with zero attached hydrogens (tertiary/aromatic N) is 1. The van der Waals surface area contributed by atoms with Crippen molar-refractivity contribution in [3.05, 3.63) is 24.2 Å². The zero-order chi connectivity index (χ0) is 10.4. The molecule has 0 unspecified atom stereocenters. The summed E-state index contributed by atoms with van der Waals surface area (Å²) in [5, 5.41) is 0. The van der Waals surface area contributed by atoms with Gasteiger partial charge in [0.05, 0.1) is 12.8 Å². The zero-order valence-electron chi connectivity index (χ0n) is 8.20. The standard InChI is InChI=1S/C10H14ClNO2/c1-12(10(13)5-2-6-11)8-9-4-3-7-14-9/h3-4,7H,2,5-6,8H2,1H3. The van der Waals surface area contributed by atoms with E-state index in [-0.39, 0.29) is 5.91 Å². The van der Waals surface area contributed by atoms with E-state index in [2.05, 4.69) is 0 Å². The maximum Gasteiger partial charge on any atom is 0.222 e. The predicted octanol–water partition coefficient (Wildman–Crippen LogP) is 2.26. The molecule has 1 amide bonds. The Balaban J connectivity index is 2.34. The Morgan fingerprint density at radius 1 is 1.64 bits per heavy atom. The third-order valence-corrected chi connectivity index (χ3v) is 2.19. The van der Waals surface area contributed by atoms with Crippen LogP contribution >= 0.6 is 11.6 Å². The third kappa shape index (κ3) is 3.42. The SMILES string of the molecule is CN(Cc1ccco1)C(=O)CCCCl. The molecule has 0 bridgehead atoms. The van der Waals surface area contributed by atoms with E-state index in [1.54, 1.807) is 18.2 Å². The first-order valence-corrected chi connectivity index (χ1v) is 5.10. The first-order valence-electron chi connectivity index (χ1n) is 4.56. The Morgan fingerprint density at radius 2 is 2.43 bits per heavy atom. The van der Waals surface area contributed by atoms with Crippen molar-refractivity contribution in [1.29, 1.82) is 0 Å². The van der Waals surface area contributed by atoms with Crippen LogP contribution in [-0.2, 0) is 11.3 Å². The number of rotatable bonds is 5. The molecule has 3 nitrogen and oxygen atoms in total. The maximum absolute atomic E-state index is 11.5. The van der Waals surface area contributed by atoms with Crippen molar-refractivity contribution in [3.63, 3.8) is 0 Å². The van der Waals surface area contributed by atoms with Gasteiger partial charge in [-0.05, 0) is 18.6 Å². The average Bonchev–Trinajstić information content (AvgIpc) is 2.66. The number of hydrogen-bond donors (Lipinski definition) is 0. The van der Waals surface area contributed by atoms with Gasteiger partial charge < -0.3 is 9.32 Å². The van der Waals surface area contributed by atoms with Gasteiger partial charge in [0.2, 0.25) is 5.91 Å². The molecular weight excluding hydrogens is 202 g/mol. The first kappa shape index (κ1) is 11.1. The fourth-order valence-corrected chi connectivity index (χ4v) is 1.27. The lowest BCUT2D eigenvalue weighted by Crippen LogP contribution is -2.25. The summed E-state index contributed by atoms with van der Waals surface area (Å²) < 4.78 is 5.14. The lowest BCUT2D eigenvalue weighted by Gasteiger charge is -2.14. The van der Waals surface area contributed by atoms with Crippen LogP contribution < -0.4 is 0 Å². The van der Waals surface area contributed by atoms with Gasteiger partial charge in [-0.3, -0.25) is 4.79 Å². The van der Waals surface area contributed by atoms with Gasteiger partial charge in [-0.15, -0.1) is 11.6 Å². The number of amides is 1. The molecule has 0 saturated carbocycles. The highest BCUT2D eigenvalue weighted by Gasteiger charge is 2.09. The summed E-state index contributed by atoms with van der Waals surface area (Å²) in [6, 6.07) is 3.66. The Bertz CT molecular complexity index is 272. The molecular formula is C10H14ClNO2. The number of hydrogen-bond acceptors (Lipinski definition) is 2. The summed E-state index contributed by atoms with van der Waals surface area (Å²) in [6.45, 7) is 0.522. The van der Waals surface area contributed by atoms with Crippen LogP contribution in [0.25, 0.3) is 0 Å². The van der Waals surface area contributed by atoms with E-state index in [9.17, 15) is 4.79 Å². The highest BCUT2D eigenvalue weighted by Crippen LogP contribution is 2.05. The molecule has 1 aromatic rings. The van der Waals surface area contributed by atoms with Crippen LogP contribution in [0.2, 0.25) is 0 Å². The maximum atomic E-state index is 11.5. The molecule has 0 aromatic carbocycles. The first-order chi connectivity index (χ1) is 6.74. The molecule has 0 aliphatic rings. The molecule has 1 heterocycles. The molecule has 1 aromatic heterocycles. The molecule has 14 heavy (non-hydrogen) atoms. The summed E-state index contributed by atoms with van der Waals surface area (Å²) >= 11 is 5.50. The third-order valence-electron chi connectivity index (χ3n) is 1.92. The molecule has 0 aliphatic heterocycles. The van der Waals surface area contributed by atoms with Crippen molar-refractivity contribution < 1.29 is 9.21 Å². The van der Waals surface area contributed by atoms with Crippen molar-refractivity contribution in [3.8, 4) is 0 Å². The molecule has 0 radical (unpaired) electrons. The minimum Gasteiger partial charge on any atom is -0.467 e. The van der Waals surface area contributed by atoms with Crippen molar-refractivity contribution in [2.75, 3.05) is 12.9 Å². The highest BCUT2D eigenvalue weighted by molar-refractivity contribution is 6.17. The van der Waals surface area contributed by atoms with Gasteiger partial charge in [-0.1, -0.05) is 0 Å². The fourth-order valence-electron chi connectivity index (χ4n) is 1.13. The Hall–Kier alpha value is -0.960. The van der Waals surface area contributed by atoms with Crippen LogP contribution in [0.5, 0.6) is 0 Å². The molecule has 78 valence electrons. The number of carbonyl (C=O) groups is 1. The molecule has 1 rings (SSSR count). The van der Waals surface area contributed by atoms with Gasteiger partial charge in [0.15, 0.2) is 0 Å². The lowest BCUT2D eigenvalue weighted by atomic mass is 10.3. The summed E-state index contributed by atoms with van der Waals surface area (Å²) in [5.74, 6) is 1.43. The average molecular weight is 216 g/mol. The second-order valence-corrected chi connectivity index (χ2v) is 3.50. The molecule has 0 aliphatic carbocycles. The second kappa shape index (κ2) is 5.70. The Morgan fingerprint density at radius 3 is 3.00 bits per heavy atom. The van der Waals surface area contributed by atoms with E-state index >= 15 is 0 Å². The monoisotopic (exact) mass is 215 g/mol. The molecule has 0 fully saturated rings. The minimum atomic E-state index is 0.0991. The van der Waals surface area contributed by atoms with E-state index in [1.807, 2.05) is 12.1 Å². The zero-order valence-corrected chi connectivity index (χ0v) is 8.96. The van der Waals surface area contributed by atoms with E-state index < -0.39 is 0 Å². The predicted molar refractivity (Wildman–Crippen MR) is 55.1 cm³/mol. The van der Waals surface area contributed by atoms with Gasteiger partial charge >= 0.3 is 0 Å². The van der Waals surface area contributed by atoms with Crippen molar-refractivity contribution in [1.82, 2.24) is 4.90 Å². The molecule has 0 saturated heterocycles. The van der Waals surface area contributed by atoms with Gasteiger partial charge in [0, 0.05) is 19.3 Å². The number of alkyl halides is 1. The van der Waals surface area contributed by atoms with Gasteiger partial charge in [-0.25, -0.2) is 0 Å². The summed E-state index contributed by atoms with van der Waals surface area (Å²) in [5.41, 5.74) is 0. The van der Waals surface area contributed by atoms with Gasteiger partial charge in [0.1, 0.15) is 5.76 Å². The van der Waals surface area contributed by atoms with E-state index in [0.717, 1.165) is 12.2 Å². The van der Waals surface area contributed by atoms with Crippen LogP contribution in [0.3, 0.4) is 0 Å². The van der Waals surface area contributed by atoms with E-state index in [0.29, 0.717) is 18.8 Å². The normalized spacial score (nSPS) is 10.1. The topological polar surface area (TPSA) is 33.5 Å². The van der Waals surface area contributed by atoms with E-state index in [4.69, 9.17) is 16.0 Å². The van der Waals surface area contributed by atoms with Crippen molar-refractivity contribution in [2.45, 2.75) is 19.4 Å². The number of furan rings is 1. The minimum absolute atomic E-state index is 0.0991. The summed E-state index contributed by atoms with van der Waals surface area (Å²) in [4.78, 5) is 13.1. The van der Waals surface area contributed by atoms with Crippen LogP contribution in [-0.4, -0.2) is 23.7 Å². The Kier molecular flexibility index (Phi) is 4.53. The van der Waals surface area contributed by atoms with Gasteiger partial charge in [-0.2, -0.15) is 0 Å². The van der Waals surface area contributed by atoms with E-state index in [1.165, 1.54) is 0 Å². The molecule has 0 N–H and O–H groups in total. The van der Waals surface area contributed by atoms with Crippen molar-refractivity contribution in [2.24, 2.45) is 0 Å². The fraction of sp³-hybridized carbons (Fsp3) is 0.500. The van der Waals surface area contributed by atoms with Crippen LogP contribution in [0.1, 0.15) is 18.6 Å². The summed E-state index contributed by atoms with van der Waals surface area (Å²) in [7, 11) is 1.76. The van der Waals surface area contributed by atoms with Gasteiger partial charge in [0.25, 0.3) is 0 Å².